The van der Waals surface area contributed by atoms with Gasteiger partial charge in [-0.25, -0.2) is 4.98 Å². The van der Waals surface area contributed by atoms with Crippen LogP contribution in [0.15, 0.2) is 66.1 Å². The Balaban J connectivity index is 1.46. The van der Waals surface area contributed by atoms with Gasteiger partial charge in [-0.15, -0.1) is 11.8 Å². The third-order valence-corrected chi connectivity index (χ3v) is 5.49. The highest BCUT2D eigenvalue weighted by Crippen LogP contribution is 2.32. The number of carbonyl (C=O) groups excluding carboxylic acids is 2. The van der Waals surface area contributed by atoms with Crippen LogP contribution < -0.4 is 10.6 Å². The van der Waals surface area contributed by atoms with E-state index in [0.29, 0.717) is 17.0 Å². The van der Waals surface area contributed by atoms with Gasteiger partial charge in [0.25, 0.3) is 5.91 Å². The Kier molecular flexibility index (Phi) is 4.68. The first-order valence-corrected chi connectivity index (χ1v) is 9.54. The molecular weight excluding hydrogens is 360 g/mol. The minimum atomic E-state index is -0.172. The van der Waals surface area contributed by atoms with Crippen LogP contribution in [0.4, 0.5) is 5.69 Å². The molecule has 2 amide bonds. The number of thioether (sulfide) groups is 1. The molecule has 1 aliphatic rings. The normalized spacial score (nSPS) is 14.2. The lowest BCUT2D eigenvalue weighted by Gasteiger charge is -2.18. The van der Waals surface area contributed by atoms with Crippen LogP contribution in [0.3, 0.4) is 0 Å². The fraction of sp³-hybridized carbons (Fsp3) is 0.150. The zero-order chi connectivity index (χ0) is 18.8. The molecule has 4 rings (SSSR count). The Labute approximate surface area is 161 Å². The molecule has 0 saturated carbocycles. The van der Waals surface area contributed by atoms with Crippen molar-refractivity contribution in [2.45, 2.75) is 17.9 Å². The smallest absolute Gasteiger partial charge is 0.251 e. The first kappa shape index (κ1) is 17.4. The molecule has 0 saturated heterocycles. The number of fused-ring (bicyclic) bond motifs is 1. The van der Waals surface area contributed by atoms with Gasteiger partial charge in [0.15, 0.2) is 0 Å². The SMILES string of the molecule is CC(NC(=O)c1ccc2c(c1)NC(=O)CS2)c1ccc(-n2ccnc2)cc1. The van der Waals surface area contributed by atoms with E-state index >= 15 is 0 Å². The number of nitrogens with one attached hydrogen (secondary N) is 2. The van der Waals surface area contributed by atoms with Crippen molar-refractivity contribution >= 4 is 29.3 Å². The van der Waals surface area contributed by atoms with Gasteiger partial charge in [-0.2, -0.15) is 0 Å². The number of hydrogen-bond donors (Lipinski definition) is 2. The summed E-state index contributed by atoms with van der Waals surface area (Å²) in [5, 5.41) is 5.82. The Bertz CT molecular complexity index is 984. The van der Waals surface area contributed by atoms with E-state index in [0.717, 1.165) is 16.1 Å². The van der Waals surface area contributed by atoms with Crippen molar-refractivity contribution in [3.05, 3.63) is 72.3 Å². The van der Waals surface area contributed by atoms with Gasteiger partial charge in [-0.1, -0.05) is 12.1 Å². The first-order valence-electron chi connectivity index (χ1n) is 8.56. The highest BCUT2D eigenvalue weighted by atomic mass is 32.2. The van der Waals surface area contributed by atoms with E-state index in [1.165, 1.54) is 11.8 Å². The molecule has 0 spiro atoms. The van der Waals surface area contributed by atoms with Crippen LogP contribution in [0.2, 0.25) is 0 Å². The summed E-state index contributed by atoms with van der Waals surface area (Å²) in [7, 11) is 0. The lowest BCUT2D eigenvalue weighted by atomic mass is 10.1. The number of amides is 2. The van der Waals surface area contributed by atoms with Crippen LogP contribution >= 0.6 is 11.8 Å². The molecule has 1 unspecified atom stereocenters. The van der Waals surface area contributed by atoms with Crippen LogP contribution in [0.5, 0.6) is 0 Å². The van der Waals surface area contributed by atoms with Crippen LogP contribution in [0.1, 0.15) is 28.9 Å². The first-order chi connectivity index (χ1) is 13.1. The van der Waals surface area contributed by atoms with E-state index in [4.69, 9.17) is 0 Å². The molecule has 0 aliphatic carbocycles. The fourth-order valence-electron chi connectivity index (χ4n) is 2.93. The summed E-state index contributed by atoms with van der Waals surface area (Å²) < 4.78 is 1.92. The minimum absolute atomic E-state index is 0.0450. The van der Waals surface area contributed by atoms with Crippen molar-refractivity contribution in [2.24, 2.45) is 0 Å². The number of aromatic nitrogens is 2. The molecule has 6 nitrogen and oxygen atoms in total. The Morgan fingerprint density at radius 2 is 2.07 bits per heavy atom. The van der Waals surface area contributed by atoms with Gasteiger partial charge in [0.2, 0.25) is 5.91 Å². The Hall–Kier alpha value is -3.06. The van der Waals surface area contributed by atoms with Crippen molar-refractivity contribution < 1.29 is 9.59 Å². The molecule has 7 heteroatoms. The maximum absolute atomic E-state index is 12.6. The second-order valence-corrected chi connectivity index (χ2v) is 7.32. The predicted molar refractivity (Wildman–Crippen MR) is 105 cm³/mol. The number of benzene rings is 2. The van der Waals surface area contributed by atoms with Crippen molar-refractivity contribution in [1.82, 2.24) is 14.9 Å². The average molecular weight is 378 g/mol. The zero-order valence-electron chi connectivity index (χ0n) is 14.7. The van der Waals surface area contributed by atoms with Gasteiger partial charge in [-0.3, -0.25) is 9.59 Å². The van der Waals surface area contributed by atoms with Gasteiger partial charge < -0.3 is 15.2 Å². The number of hydrogen-bond acceptors (Lipinski definition) is 4. The molecule has 2 aromatic carbocycles. The van der Waals surface area contributed by atoms with Crippen LogP contribution in [-0.2, 0) is 4.79 Å². The van der Waals surface area contributed by atoms with Crippen molar-refractivity contribution in [3.8, 4) is 5.69 Å². The van der Waals surface area contributed by atoms with Gasteiger partial charge in [0.1, 0.15) is 0 Å². The Morgan fingerprint density at radius 1 is 1.26 bits per heavy atom. The molecule has 1 atom stereocenters. The van der Waals surface area contributed by atoms with E-state index in [1.807, 2.05) is 48.0 Å². The van der Waals surface area contributed by atoms with Crippen molar-refractivity contribution in [1.29, 1.82) is 0 Å². The molecule has 136 valence electrons. The van der Waals surface area contributed by atoms with Gasteiger partial charge in [-0.05, 0) is 42.8 Å². The highest BCUT2D eigenvalue weighted by Gasteiger charge is 2.18. The molecule has 1 aromatic heterocycles. The van der Waals surface area contributed by atoms with Gasteiger partial charge in [0.05, 0.1) is 23.8 Å². The second kappa shape index (κ2) is 7.28. The number of rotatable bonds is 4. The van der Waals surface area contributed by atoms with E-state index in [2.05, 4.69) is 15.6 Å². The van der Waals surface area contributed by atoms with E-state index in [9.17, 15) is 9.59 Å². The number of anilines is 1. The average Bonchev–Trinajstić information content (AvgIpc) is 3.22. The van der Waals surface area contributed by atoms with Crippen LogP contribution in [0.25, 0.3) is 5.69 Å². The molecular formula is C20H18N4O2S. The molecule has 0 radical (unpaired) electrons. The maximum Gasteiger partial charge on any atom is 0.251 e. The van der Waals surface area contributed by atoms with Crippen molar-refractivity contribution in [2.75, 3.05) is 11.1 Å². The largest absolute Gasteiger partial charge is 0.346 e. The fourth-order valence-corrected chi connectivity index (χ4v) is 3.72. The number of carbonyl (C=O) groups is 2. The monoisotopic (exact) mass is 378 g/mol. The number of nitrogens with zero attached hydrogens (tertiary/aromatic N) is 2. The maximum atomic E-state index is 12.6. The summed E-state index contributed by atoms with van der Waals surface area (Å²) in [6.07, 6.45) is 5.36. The summed E-state index contributed by atoms with van der Waals surface area (Å²) in [4.78, 5) is 29.2. The summed E-state index contributed by atoms with van der Waals surface area (Å²) in [6.45, 7) is 1.94. The van der Waals surface area contributed by atoms with Crippen molar-refractivity contribution in [3.63, 3.8) is 0 Å². The summed E-state index contributed by atoms with van der Waals surface area (Å²) >= 11 is 1.48. The highest BCUT2D eigenvalue weighted by molar-refractivity contribution is 8.00. The standard InChI is InChI=1S/C20H18N4O2S/c1-13(14-2-5-16(6-3-14)24-9-8-21-12-24)22-20(26)15-4-7-18-17(10-15)23-19(25)11-27-18/h2-10,12-13H,11H2,1H3,(H,22,26)(H,23,25). The summed E-state index contributed by atoms with van der Waals surface area (Å²) in [6, 6.07) is 13.2. The zero-order valence-corrected chi connectivity index (χ0v) is 15.5. The predicted octanol–water partition coefficient (Wildman–Crippen LogP) is 3.41. The molecule has 1 aliphatic heterocycles. The topological polar surface area (TPSA) is 76.0 Å². The molecule has 2 N–H and O–H groups in total. The lowest BCUT2D eigenvalue weighted by Crippen LogP contribution is -2.27. The van der Waals surface area contributed by atoms with E-state index < -0.39 is 0 Å². The third kappa shape index (κ3) is 3.73. The molecule has 27 heavy (non-hydrogen) atoms. The third-order valence-electron chi connectivity index (χ3n) is 4.42. The van der Waals surface area contributed by atoms with Crippen LogP contribution in [-0.4, -0.2) is 27.1 Å². The molecule has 0 bridgehead atoms. The molecule has 2 heterocycles. The minimum Gasteiger partial charge on any atom is -0.346 e. The summed E-state index contributed by atoms with van der Waals surface area (Å²) in [5.74, 6) is 0.190. The quantitative estimate of drug-likeness (QED) is 0.729. The summed E-state index contributed by atoms with van der Waals surface area (Å²) in [5.41, 5.74) is 3.24. The van der Waals surface area contributed by atoms with Gasteiger partial charge in [0, 0.05) is 28.5 Å². The second-order valence-electron chi connectivity index (χ2n) is 6.30. The molecule has 3 aromatic rings. The molecule has 0 fully saturated rings. The number of imidazole rings is 1. The van der Waals surface area contributed by atoms with E-state index in [1.54, 1.807) is 24.7 Å². The van der Waals surface area contributed by atoms with Crippen LogP contribution in [0, 0.1) is 0 Å². The lowest BCUT2D eigenvalue weighted by molar-refractivity contribution is -0.113. The Morgan fingerprint density at radius 3 is 2.81 bits per heavy atom. The van der Waals surface area contributed by atoms with Gasteiger partial charge >= 0.3 is 0 Å². The van der Waals surface area contributed by atoms with E-state index in [-0.39, 0.29) is 17.9 Å².